The Hall–Kier alpha value is -1.55. The number of hydrogen-bond donors (Lipinski definition) is 1. The zero-order valence-corrected chi connectivity index (χ0v) is 28.8. The number of nitrogens with zero attached hydrogens (tertiary/aromatic N) is 2. The molecule has 0 fully saturated rings. The van der Waals surface area contributed by atoms with E-state index in [1.807, 2.05) is 4.90 Å². The van der Waals surface area contributed by atoms with Gasteiger partial charge in [0.15, 0.2) is 0 Å². The first kappa shape index (κ1) is 40.5. The molecule has 0 aliphatic heterocycles. The molecule has 42 heavy (non-hydrogen) atoms. The Bertz CT molecular complexity index is 670. The first-order valence-electron chi connectivity index (χ1n) is 18.1. The van der Waals surface area contributed by atoms with Gasteiger partial charge in [-0.15, -0.1) is 0 Å². The van der Waals surface area contributed by atoms with Crippen LogP contribution in [0.3, 0.4) is 0 Å². The number of carboxylic acid groups (broad SMARTS) is 1. The molecule has 0 heterocycles. The molecule has 4 nitrogen and oxygen atoms in total. The molecule has 0 saturated heterocycles. The van der Waals surface area contributed by atoms with Crippen molar-refractivity contribution in [1.29, 1.82) is 0 Å². The van der Waals surface area contributed by atoms with Crippen LogP contribution in [-0.4, -0.2) is 54.2 Å². The minimum atomic E-state index is -0.738. The zero-order chi connectivity index (χ0) is 31.1. The van der Waals surface area contributed by atoms with Gasteiger partial charge >= 0.3 is 6.09 Å². The molecule has 0 aliphatic carbocycles. The summed E-state index contributed by atoms with van der Waals surface area (Å²) in [6.07, 6.45) is 39.4. The lowest BCUT2D eigenvalue weighted by Crippen LogP contribution is -2.45. The van der Waals surface area contributed by atoms with Gasteiger partial charge in [-0.25, -0.2) is 4.79 Å². The zero-order valence-electron chi connectivity index (χ0n) is 28.8. The maximum atomic E-state index is 12.6. The van der Waals surface area contributed by atoms with E-state index < -0.39 is 6.09 Å². The molecule has 1 N–H and O–H groups in total. The minimum absolute atomic E-state index is 0.0940. The van der Waals surface area contributed by atoms with Gasteiger partial charge in [0.25, 0.3) is 0 Å². The van der Waals surface area contributed by atoms with Gasteiger partial charge in [0, 0.05) is 12.6 Å². The monoisotopic (exact) mass is 589 g/mol. The Morgan fingerprint density at radius 3 is 1.43 bits per heavy atom. The first-order chi connectivity index (χ1) is 20.5. The van der Waals surface area contributed by atoms with Crippen LogP contribution in [0.2, 0.25) is 0 Å². The minimum Gasteiger partial charge on any atom is -0.465 e. The number of carbonyl (C=O) groups is 1. The van der Waals surface area contributed by atoms with Crippen LogP contribution in [0.15, 0.2) is 36.5 Å². The normalized spacial score (nSPS) is 13.7. The number of amides is 1. The van der Waals surface area contributed by atoms with Gasteiger partial charge in [0.2, 0.25) is 0 Å². The van der Waals surface area contributed by atoms with Gasteiger partial charge in [0.05, 0.1) is 0 Å². The molecule has 0 radical (unpaired) electrons. The highest BCUT2D eigenvalue weighted by Crippen LogP contribution is 2.28. The van der Waals surface area contributed by atoms with Crippen LogP contribution in [0.4, 0.5) is 4.79 Å². The van der Waals surface area contributed by atoms with Crippen molar-refractivity contribution in [3.8, 4) is 0 Å². The largest absolute Gasteiger partial charge is 0.465 e. The van der Waals surface area contributed by atoms with Crippen LogP contribution in [0.5, 0.6) is 0 Å². The summed E-state index contributed by atoms with van der Waals surface area (Å²) in [6, 6.07) is 0.0940. The molecule has 246 valence electrons. The summed E-state index contributed by atoms with van der Waals surface area (Å²) in [5.41, 5.74) is 0. The molecule has 0 saturated carbocycles. The second-order valence-corrected chi connectivity index (χ2v) is 12.7. The molecule has 0 rings (SSSR count). The third-order valence-electron chi connectivity index (χ3n) is 8.39. The van der Waals surface area contributed by atoms with E-state index in [1.54, 1.807) is 0 Å². The maximum Gasteiger partial charge on any atom is 0.407 e. The molecule has 0 aromatic heterocycles. The predicted octanol–water partition coefficient (Wildman–Crippen LogP) is 11.8. The van der Waals surface area contributed by atoms with E-state index in [1.165, 1.54) is 77.0 Å². The van der Waals surface area contributed by atoms with Crippen LogP contribution in [-0.2, 0) is 0 Å². The summed E-state index contributed by atoms with van der Waals surface area (Å²) >= 11 is 0. The van der Waals surface area contributed by atoms with Crippen LogP contribution >= 0.6 is 0 Å². The highest BCUT2D eigenvalue weighted by molar-refractivity contribution is 5.65. The Morgan fingerprint density at radius 2 is 0.976 bits per heavy atom. The summed E-state index contributed by atoms with van der Waals surface area (Å²) < 4.78 is 0. The SMILES string of the molecule is CCCCCC=CCCCC(CCCC=CCCCCCC)C(CCC=CCCCCC)N(CCCN(C)C)C(=O)O. The fraction of sp³-hybridized carbons (Fsp3) is 0.816. The van der Waals surface area contributed by atoms with Crippen LogP contribution < -0.4 is 0 Å². The fourth-order valence-electron chi connectivity index (χ4n) is 5.82. The number of allylic oxidation sites excluding steroid dienone is 6. The lowest BCUT2D eigenvalue weighted by atomic mass is 9.85. The molecule has 1 amide bonds. The van der Waals surface area contributed by atoms with Crippen molar-refractivity contribution < 1.29 is 9.90 Å². The van der Waals surface area contributed by atoms with E-state index in [2.05, 4.69) is 76.2 Å². The lowest BCUT2D eigenvalue weighted by molar-refractivity contribution is 0.0918. The fourth-order valence-corrected chi connectivity index (χ4v) is 5.82. The molecule has 0 bridgehead atoms. The van der Waals surface area contributed by atoms with Crippen molar-refractivity contribution in [2.75, 3.05) is 27.2 Å². The van der Waals surface area contributed by atoms with Crippen molar-refractivity contribution >= 4 is 6.09 Å². The second kappa shape index (κ2) is 30.9. The Morgan fingerprint density at radius 1 is 0.548 bits per heavy atom. The van der Waals surface area contributed by atoms with Crippen molar-refractivity contribution in [2.45, 2.75) is 168 Å². The number of hydrogen-bond acceptors (Lipinski definition) is 2. The van der Waals surface area contributed by atoms with Gasteiger partial charge in [-0.1, -0.05) is 102 Å². The van der Waals surface area contributed by atoms with Gasteiger partial charge < -0.3 is 14.9 Å². The maximum absolute atomic E-state index is 12.6. The molecule has 0 aromatic rings. The molecule has 0 spiro atoms. The topological polar surface area (TPSA) is 43.8 Å². The summed E-state index contributed by atoms with van der Waals surface area (Å²) in [7, 11) is 4.14. The Kier molecular flexibility index (Phi) is 29.8. The predicted molar refractivity (Wildman–Crippen MR) is 187 cm³/mol. The highest BCUT2D eigenvalue weighted by atomic mass is 16.4. The van der Waals surface area contributed by atoms with E-state index in [-0.39, 0.29) is 6.04 Å². The van der Waals surface area contributed by atoms with Crippen LogP contribution in [0.1, 0.15) is 162 Å². The number of rotatable bonds is 30. The molecule has 0 aliphatic rings. The summed E-state index contributed by atoms with van der Waals surface area (Å²) in [6.45, 7) is 8.32. The molecule has 2 unspecified atom stereocenters. The Balaban J connectivity index is 5.43. The molecule has 2 atom stereocenters. The third kappa shape index (κ3) is 25.0. The van der Waals surface area contributed by atoms with Crippen molar-refractivity contribution in [2.24, 2.45) is 5.92 Å². The van der Waals surface area contributed by atoms with E-state index in [0.29, 0.717) is 12.5 Å². The van der Waals surface area contributed by atoms with E-state index in [9.17, 15) is 9.90 Å². The van der Waals surface area contributed by atoms with Crippen molar-refractivity contribution in [3.63, 3.8) is 0 Å². The van der Waals surface area contributed by atoms with Gasteiger partial charge in [-0.2, -0.15) is 0 Å². The average Bonchev–Trinajstić information content (AvgIpc) is 2.96. The van der Waals surface area contributed by atoms with Gasteiger partial charge in [-0.05, 0) is 123 Å². The highest BCUT2D eigenvalue weighted by Gasteiger charge is 2.29. The van der Waals surface area contributed by atoms with Crippen LogP contribution in [0, 0.1) is 5.92 Å². The summed E-state index contributed by atoms with van der Waals surface area (Å²) in [5, 5.41) is 10.4. The van der Waals surface area contributed by atoms with Crippen molar-refractivity contribution in [3.05, 3.63) is 36.5 Å². The molecule has 0 aromatic carbocycles. The third-order valence-corrected chi connectivity index (χ3v) is 8.39. The van der Waals surface area contributed by atoms with E-state index in [0.717, 1.165) is 70.8 Å². The van der Waals surface area contributed by atoms with Gasteiger partial charge in [0.1, 0.15) is 0 Å². The standard InChI is InChI=1S/C38H72N2O2/c1-6-9-12-15-18-20-23-25-28-32-36(31-27-24-22-19-16-13-10-7-2)37(33-29-26-21-17-14-11-8-3)40(38(41)42)35-30-34-39(4)5/h19-23,26,36-37H,6-18,24-25,27-35H2,1-5H3,(H,41,42). The second-order valence-electron chi connectivity index (χ2n) is 12.7. The molecular formula is C38H72N2O2. The van der Waals surface area contributed by atoms with Gasteiger partial charge in [-0.3, -0.25) is 0 Å². The first-order valence-corrected chi connectivity index (χ1v) is 18.1. The quantitative estimate of drug-likeness (QED) is 0.0670. The molecule has 4 heteroatoms. The number of unbranched alkanes of at least 4 members (excludes halogenated alkanes) is 12. The van der Waals surface area contributed by atoms with E-state index in [4.69, 9.17) is 0 Å². The smallest absolute Gasteiger partial charge is 0.407 e. The van der Waals surface area contributed by atoms with E-state index >= 15 is 0 Å². The summed E-state index contributed by atoms with van der Waals surface area (Å²) in [5.74, 6) is 0.417. The summed E-state index contributed by atoms with van der Waals surface area (Å²) in [4.78, 5) is 16.6. The lowest BCUT2D eigenvalue weighted by Gasteiger charge is -2.36. The van der Waals surface area contributed by atoms with Crippen molar-refractivity contribution in [1.82, 2.24) is 9.80 Å². The molecular weight excluding hydrogens is 516 g/mol. The van der Waals surface area contributed by atoms with Crippen LogP contribution in [0.25, 0.3) is 0 Å². The average molecular weight is 589 g/mol. The Labute approximate surface area is 263 Å².